The molecule has 1 amide bonds. The summed E-state index contributed by atoms with van der Waals surface area (Å²) in [5, 5.41) is 7.14. The van der Waals surface area contributed by atoms with Crippen LogP contribution in [0.5, 0.6) is 11.5 Å². The standard InChI is InChI=1S/C21H23BrClN3O3/c22-15-8-14(10-25-11-15)21(27)26-18(13-4-6-24-7-5-13)9-16-12-28-19-3-1-2-17(23)20(19)29-16/h1-3,8,10-11,13,16,18,24H,4-7,9,12H2,(H,26,27). The Morgan fingerprint density at radius 2 is 2.17 bits per heavy atom. The van der Waals surface area contributed by atoms with E-state index in [0.717, 1.165) is 30.4 Å². The molecule has 8 heteroatoms. The van der Waals surface area contributed by atoms with Crippen molar-refractivity contribution in [2.24, 2.45) is 5.92 Å². The molecule has 1 aromatic heterocycles. The summed E-state index contributed by atoms with van der Waals surface area (Å²) in [6.07, 6.45) is 5.73. The van der Waals surface area contributed by atoms with Crippen LogP contribution in [0.3, 0.4) is 0 Å². The van der Waals surface area contributed by atoms with Gasteiger partial charge in [-0.3, -0.25) is 9.78 Å². The number of hydrogen-bond acceptors (Lipinski definition) is 5. The maximum atomic E-state index is 12.9. The van der Waals surface area contributed by atoms with E-state index in [1.807, 2.05) is 12.1 Å². The zero-order valence-corrected chi connectivity index (χ0v) is 18.2. The molecule has 0 aliphatic carbocycles. The Hall–Kier alpha value is -1.83. The van der Waals surface area contributed by atoms with Crippen molar-refractivity contribution in [2.75, 3.05) is 19.7 Å². The number of halogens is 2. The van der Waals surface area contributed by atoms with E-state index in [1.165, 1.54) is 0 Å². The van der Waals surface area contributed by atoms with E-state index in [1.54, 1.807) is 24.5 Å². The zero-order valence-electron chi connectivity index (χ0n) is 15.9. The molecule has 2 aliphatic rings. The molecule has 2 aromatic rings. The van der Waals surface area contributed by atoms with Crippen LogP contribution in [-0.2, 0) is 0 Å². The Morgan fingerprint density at radius 3 is 2.97 bits per heavy atom. The van der Waals surface area contributed by atoms with Gasteiger partial charge in [-0.1, -0.05) is 17.7 Å². The first kappa shape index (κ1) is 20.4. The molecule has 1 saturated heterocycles. The highest BCUT2D eigenvalue weighted by Crippen LogP contribution is 2.39. The third kappa shape index (κ3) is 5.02. The summed E-state index contributed by atoms with van der Waals surface area (Å²) in [7, 11) is 0. The molecule has 2 unspecified atom stereocenters. The molecule has 2 N–H and O–H groups in total. The van der Waals surface area contributed by atoms with Crippen LogP contribution in [0.2, 0.25) is 5.02 Å². The van der Waals surface area contributed by atoms with E-state index >= 15 is 0 Å². The van der Waals surface area contributed by atoms with Gasteiger partial charge in [-0.25, -0.2) is 0 Å². The Labute approximate surface area is 183 Å². The second-order valence-electron chi connectivity index (χ2n) is 7.41. The van der Waals surface area contributed by atoms with Crippen LogP contribution in [0.1, 0.15) is 29.6 Å². The number of para-hydroxylation sites is 1. The number of carbonyl (C=O) groups excluding carboxylic acids is 1. The molecule has 1 fully saturated rings. The quantitative estimate of drug-likeness (QED) is 0.681. The molecule has 29 heavy (non-hydrogen) atoms. The average molecular weight is 481 g/mol. The van der Waals surface area contributed by atoms with E-state index in [-0.39, 0.29) is 18.1 Å². The van der Waals surface area contributed by atoms with Crippen LogP contribution in [0.4, 0.5) is 0 Å². The Balaban J connectivity index is 1.49. The van der Waals surface area contributed by atoms with E-state index in [0.29, 0.717) is 41.0 Å². The Morgan fingerprint density at radius 1 is 1.34 bits per heavy atom. The highest BCUT2D eigenvalue weighted by atomic mass is 79.9. The highest BCUT2D eigenvalue weighted by Gasteiger charge is 2.31. The van der Waals surface area contributed by atoms with Gasteiger partial charge in [0.25, 0.3) is 5.91 Å². The lowest BCUT2D eigenvalue weighted by atomic mass is 9.86. The zero-order chi connectivity index (χ0) is 20.2. The summed E-state index contributed by atoms with van der Waals surface area (Å²) in [5.74, 6) is 1.49. The van der Waals surface area contributed by atoms with E-state index in [9.17, 15) is 4.79 Å². The normalized spacial score (nSPS) is 20.1. The number of nitrogens with one attached hydrogen (secondary N) is 2. The van der Waals surface area contributed by atoms with Gasteiger partial charge in [0, 0.05) is 29.3 Å². The molecular weight excluding hydrogens is 458 g/mol. The first-order valence-electron chi connectivity index (χ1n) is 9.80. The van der Waals surface area contributed by atoms with Gasteiger partial charge in [0.05, 0.1) is 10.6 Å². The van der Waals surface area contributed by atoms with Crippen molar-refractivity contribution in [1.82, 2.24) is 15.6 Å². The number of nitrogens with zero attached hydrogens (tertiary/aromatic N) is 1. The third-order valence-electron chi connectivity index (χ3n) is 5.39. The number of rotatable bonds is 5. The number of fused-ring (bicyclic) bond motifs is 1. The van der Waals surface area contributed by atoms with E-state index in [2.05, 4.69) is 31.5 Å². The molecule has 2 atom stereocenters. The number of hydrogen-bond donors (Lipinski definition) is 2. The van der Waals surface area contributed by atoms with Gasteiger partial charge in [-0.15, -0.1) is 0 Å². The molecule has 3 heterocycles. The predicted molar refractivity (Wildman–Crippen MR) is 115 cm³/mol. The molecule has 2 aliphatic heterocycles. The largest absolute Gasteiger partial charge is 0.486 e. The number of aromatic nitrogens is 1. The number of ether oxygens (including phenoxy) is 2. The highest BCUT2D eigenvalue weighted by molar-refractivity contribution is 9.10. The van der Waals surface area contributed by atoms with Gasteiger partial charge in [0.2, 0.25) is 0 Å². The van der Waals surface area contributed by atoms with E-state index in [4.69, 9.17) is 21.1 Å². The minimum absolute atomic E-state index is 0.0266. The first-order chi connectivity index (χ1) is 14.1. The van der Waals surface area contributed by atoms with Gasteiger partial charge in [-0.2, -0.15) is 0 Å². The van der Waals surface area contributed by atoms with Crippen LogP contribution < -0.4 is 20.1 Å². The molecule has 6 nitrogen and oxygen atoms in total. The van der Waals surface area contributed by atoms with Crippen molar-refractivity contribution >= 4 is 33.4 Å². The summed E-state index contributed by atoms with van der Waals surface area (Å²) in [6.45, 7) is 2.33. The first-order valence-corrected chi connectivity index (χ1v) is 11.0. The lowest BCUT2D eigenvalue weighted by Crippen LogP contribution is -2.48. The molecule has 0 spiro atoms. The van der Waals surface area contributed by atoms with Crippen molar-refractivity contribution in [3.63, 3.8) is 0 Å². The lowest BCUT2D eigenvalue weighted by Gasteiger charge is -2.35. The fourth-order valence-corrected chi connectivity index (χ4v) is 4.48. The molecule has 4 rings (SSSR count). The summed E-state index contributed by atoms with van der Waals surface area (Å²) in [4.78, 5) is 17.0. The van der Waals surface area contributed by atoms with Crippen molar-refractivity contribution in [3.05, 3.63) is 51.7 Å². The van der Waals surface area contributed by atoms with Gasteiger partial charge in [0.15, 0.2) is 11.5 Å². The minimum atomic E-state index is -0.178. The van der Waals surface area contributed by atoms with Crippen LogP contribution >= 0.6 is 27.5 Å². The van der Waals surface area contributed by atoms with Crippen LogP contribution in [0.25, 0.3) is 0 Å². The monoisotopic (exact) mass is 479 g/mol. The fraction of sp³-hybridized carbons (Fsp3) is 0.429. The van der Waals surface area contributed by atoms with Crippen molar-refractivity contribution < 1.29 is 14.3 Å². The third-order valence-corrected chi connectivity index (χ3v) is 6.12. The minimum Gasteiger partial charge on any atom is -0.486 e. The topological polar surface area (TPSA) is 72.5 Å². The maximum Gasteiger partial charge on any atom is 0.253 e. The lowest BCUT2D eigenvalue weighted by molar-refractivity contribution is 0.0635. The van der Waals surface area contributed by atoms with E-state index < -0.39 is 0 Å². The van der Waals surface area contributed by atoms with Gasteiger partial charge < -0.3 is 20.1 Å². The van der Waals surface area contributed by atoms with Crippen molar-refractivity contribution in [3.8, 4) is 11.5 Å². The number of pyridine rings is 1. The molecule has 1 aromatic carbocycles. The number of benzene rings is 1. The van der Waals surface area contributed by atoms with Gasteiger partial charge in [-0.05, 0) is 66.0 Å². The fourth-order valence-electron chi connectivity index (χ4n) is 3.90. The van der Waals surface area contributed by atoms with Gasteiger partial charge in [0.1, 0.15) is 12.7 Å². The number of carbonyl (C=O) groups is 1. The number of piperidine rings is 1. The molecule has 0 saturated carbocycles. The molecule has 0 bridgehead atoms. The summed E-state index contributed by atoms with van der Waals surface area (Å²) >= 11 is 9.65. The summed E-state index contributed by atoms with van der Waals surface area (Å²) < 4.78 is 12.8. The van der Waals surface area contributed by atoms with Gasteiger partial charge >= 0.3 is 0 Å². The number of amides is 1. The Kier molecular flexibility index (Phi) is 6.57. The van der Waals surface area contributed by atoms with Crippen LogP contribution in [0.15, 0.2) is 41.1 Å². The SMILES string of the molecule is O=C(NC(CC1COc2cccc(Cl)c2O1)C1CCNCC1)c1cncc(Br)c1. The van der Waals surface area contributed by atoms with Crippen molar-refractivity contribution in [2.45, 2.75) is 31.4 Å². The second kappa shape index (κ2) is 9.32. The van der Waals surface area contributed by atoms with Crippen LogP contribution in [-0.4, -0.2) is 42.7 Å². The summed E-state index contributed by atoms with van der Waals surface area (Å²) in [5.41, 5.74) is 0.535. The average Bonchev–Trinajstić information content (AvgIpc) is 2.74. The molecular formula is C21H23BrClN3O3. The second-order valence-corrected chi connectivity index (χ2v) is 8.74. The predicted octanol–water partition coefficient (Wildman–Crippen LogP) is 3.83. The Bertz CT molecular complexity index is 876. The van der Waals surface area contributed by atoms with Crippen LogP contribution in [0, 0.1) is 5.92 Å². The summed E-state index contributed by atoms with van der Waals surface area (Å²) in [6, 6.07) is 7.23. The molecule has 0 radical (unpaired) electrons. The molecule has 154 valence electrons. The smallest absolute Gasteiger partial charge is 0.253 e. The maximum absolute atomic E-state index is 12.9. The van der Waals surface area contributed by atoms with Crippen molar-refractivity contribution in [1.29, 1.82) is 0 Å².